The number of phosphoric ester groups is 3. The molecule has 8 atom stereocenters. The monoisotopic (exact) mass is 1620 g/mol. The first kappa shape index (κ1) is 92.2. The zero-order chi connectivity index (χ0) is 64.0. The molecule has 0 aromatic rings. The average molecular weight is 1620 g/mol. The van der Waals surface area contributed by atoms with Crippen molar-refractivity contribution in [2.75, 3.05) is 119 Å². The predicted octanol–water partition coefficient (Wildman–Crippen LogP) is -1.23. The number of ether oxygens (including phenoxy) is 1. The zero-order valence-electron chi connectivity index (χ0n) is 49.4. The Bertz CT molecular complexity index is 2320. The third-order valence-electron chi connectivity index (χ3n) is 12.0. The van der Waals surface area contributed by atoms with Crippen LogP contribution in [-0.4, -0.2) is 238 Å². The number of nitrogens with one attached hydrogen (secondary N) is 7. The van der Waals surface area contributed by atoms with Gasteiger partial charge in [0, 0.05) is 177 Å². The van der Waals surface area contributed by atoms with E-state index < -0.39 is 72.2 Å². The van der Waals surface area contributed by atoms with Gasteiger partial charge < -0.3 is 71.0 Å². The summed E-state index contributed by atoms with van der Waals surface area (Å²) in [6.45, 7) is -0.299. The molecule has 33 nitrogen and oxygen atoms in total. The number of imide groups is 2. The Morgan fingerprint density at radius 3 is 1.49 bits per heavy atom. The van der Waals surface area contributed by atoms with E-state index >= 15 is 0 Å². The van der Waals surface area contributed by atoms with Crippen LogP contribution in [-0.2, 0) is 196 Å². The second-order valence-corrected chi connectivity index (χ2v) is 27.4. The Balaban J connectivity index is -0.00000126. The molecule has 0 bridgehead atoms. The molecule has 2 heterocycles. The van der Waals surface area contributed by atoms with Crippen LogP contribution in [0.2, 0.25) is 0 Å². The van der Waals surface area contributed by atoms with Crippen LogP contribution < -0.4 is 37.2 Å². The Kier molecular flexibility index (Phi) is 54.8. The number of thioether (sulfide) groups is 2. The van der Waals surface area contributed by atoms with Gasteiger partial charge >= 0.3 is 23.5 Å². The molecular formula is C45H77N9O24P3S4Y3-3. The molecule has 2 aliphatic heterocycles. The van der Waals surface area contributed by atoms with Gasteiger partial charge in [-0.25, -0.2) is 32.6 Å². The first-order valence-corrected chi connectivity index (χ1v) is 34.9. The van der Waals surface area contributed by atoms with Crippen molar-refractivity contribution in [1.82, 2.24) is 47.0 Å². The molecule has 3 rings (SSSR count). The molecule has 10 N–H and O–H groups in total. The summed E-state index contributed by atoms with van der Waals surface area (Å²) in [5.41, 5.74) is 0. The Labute approximate surface area is 603 Å². The number of likely N-dealkylation sites (N-methyl/N-ethyl adjacent to an activating group) is 3. The molecule has 2 saturated heterocycles. The minimum Gasteiger partial charge on any atom is -0.540 e. The summed E-state index contributed by atoms with van der Waals surface area (Å²) in [5, 5.41) is 16.9. The molecule has 1 aliphatic carbocycles. The van der Waals surface area contributed by atoms with E-state index in [0.717, 1.165) is 26.2 Å². The van der Waals surface area contributed by atoms with Crippen LogP contribution in [0.25, 0.3) is 0 Å². The van der Waals surface area contributed by atoms with Gasteiger partial charge in [0.1, 0.15) is 20.2 Å². The maximum absolute atomic E-state index is 12.6. The van der Waals surface area contributed by atoms with E-state index in [1.165, 1.54) is 50.0 Å². The fraction of sp³-hybridized carbons (Fsp3) is 0.756. The number of hydrogen-bond donors (Lipinski definition) is 10. The zero-order valence-corrected chi connectivity index (χ0v) is 63.9. The number of carbonyl (C=O) groups is 8. The summed E-state index contributed by atoms with van der Waals surface area (Å²) in [7, 11) is -1.79. The van der Waals surface area contributed by atoms with Gasteiger partial charge in [-0.05, 0) is 76.4 Å². The Morgan fingerprint density at radius 2 is 1.02 bits per heavy atom. The van der Waals surface area contributed by atoms with E-state index in [1.54, 1.807) is 21.1 Å². The minimum atomic E-state index is -4.14. The van der Waals surface area contributed by atoms with Crippen molar-refractivity contribution in [3.05, 3.63) is 0 Å². The maximum atomic E-state index is 12.6. The maximum Gasteiger partial charge on any atom is 0.473 e. The van der Waals surface area contributed by atoms with Gasteiger partial charge in [-0.15, -0.1) is 23.5 Å². The van der Waals surface area contributed by atoms with E-state index in [9.17, 15) is 66.4 Å². The number of amides is 8. The summed E-state index contributed by atoms with van der Waals surface area (Å²) < 4.78 is 64.5. The molecule has 497 valence electrons. The molecule has 8 amide bonds. The number of hydrogen-bond acceptors (Lipinski definition) is 28. The Morgan fingerprint density at radius 1 is 0.591 bits per heavy atom. The van der Waals surface area contributed by atoms with Gasteiger partial charge in [0.15, 0.2) is 0 Å². The van der Waals surface area contributed by atoms with Crippen molar-refractivity contribution in [2.24, 2.45) is 11.8 Å². The molecule has 3 radical (unpaired) electrons. The predicted molar refractivity (Wildman–Crippen MR) is 312 cm³/mol. The fourth-order valence-electron chi connectivity index (χ4n) is 7.04. The molecule has 1 saturated carbocycles. The SMILES string of the molecule is CNC([C-]=O)CSC1CC(=O)N(CC2CCC(C(=O)NCOP(=O)(O)OC)CC2)C1=O.CNC([C-]=O)CSC1CC(=O)N(CCC(=O)NCCOCCCC(=O)NCOP(=O)(O)OC)C1=O.CNC([C-]=O)CSSCC(=O)NCOP(=O)(O)OC.[Y].[Y].[Y]. The van der Waals surface area contributed by atoms with Gasteiger partial charge in [0.25, 0.3) is 0 Å². The number of rotatable bonds is 42. The van der Waals surface area contributed by atoms with Crippen LogP contribution >= 0.6 is 68.6 Å². The number of carbonyl (C=O) groups excluding carboxylic acids is 11. The molecule has 3 aliphatic rings. The smallest absolute Gasteiger partial charge is 0.473 e. The minimum absolute atomic E-state index is 0. The first-order valence-electron chi connectivity index (χ1n) is 25.8. The molecular weight excluding hydrogens is 1540 g/mol. The molecule has 0 spiro atoms. The van der Waals surface area contributed by atoms with Crippen molar-refractivity contribution in [2.45, 2.75) is 86.4 Å². The van der Waals surface area contributed by atoms with Gasteiger partial charge in [-0.1, -0.05) is 39.7 Å². The summed E-state index contributed by atoms with van der Waals surface area (Å²) in [6, 6.07) is -1.37. The van der Waals surface area contributed by atoms with Crippen LogP contribution in [0.3, 0.4) is 0 Å². The second kappa shape index (κ2) is 52.3. The van der Waals surface area contributed by atoms with E-state index in [-0.39, 0.29) is 215 Å². The van der Waals surface area contributed by atoms with Crippen molar-refractivity contribution in [3.63, 3.8) is 0 Å². The summed E-state index contributed by atoms with van der Waals surface area (Å²) in [5.74, 6) is -1.33. The molecule has 43 heteroatoms. The van der Waals surface area contributed by atoms with Crippen LogP contribution in [0, 0.1) is 11.8 Å². The summed E-state index contributed by atoms with van der Waals surface area (Å²) in [6.07, 6.45) is 8.64. The van der Waals surface area contributed by atoms with Gasteiger partial charge in [0.2, 0.25) is 47.3 Å². The molecule has 3 fully saturated rings. The third kappa shape index (κ3) is 40.5. The van der Waals surface area contributed by atoms with Gasteiger partial charge in [-0.2, -0.15) is 0 Å². The van der Waals surface area contributed by atoms with Gasteiger partial charge in [-0.3, -0.25) is 75.3 Å². The average Bonchev–Trinajstić information content (AvgIpc) is 4.16. The number of nitrogens with zero attached hydrogens (tertiary/aromatic N) is 2. The van der Waals surface area contributed by atoms with Crippen molar-refractivity contribution < 1.29 is 211 Å². The van der Waals surface area contributed by atoms with E-state index in [2.05, 4.69) is 64.4 Å². The molecule has 0 aromatic heterocycles. The van der Waals surface area contributed by atoms with Crippen molar-refractivity contribution in [1.29, 1.82) is 0 Å². The first-order chi connectivity index (χ1) is 40.3. The van der Waals surface area contributed by atoms with E-state index in [4.69, 9.17) is 19.4 Å². The molecule has 8 unspecified atom stereocenters. The van der Waals surface area contributed by atoms with Crippen LogP contribution in [0.15, 0.2) is 0 Å². The van der Waals surface area contributed by atoms with Crippen LogP contribution in [0.5, 0.6) is 0 Å². The summed E-state index contributed by atoms with van der Waals surface area (Å²) in [4.78, 5) is 158. The van der Waals surface area contributed by atoms with Gasteiger partial charge in [0.05, 0.1) is 22.9 Å². The standard InChI is InChI=1S/C19H32N4O10PS.C18H29N3O8PS.C8H16N2O6PS2.3Y/c1-20-14(11-24)12-35-15-10-18(27)23(19(15)28)7-5-17(26)21-6-9-32-8-3-4-16(25)22-13-33-34(29,30)31-2;1-19-14(9-22)10-31-15-7-16(23)21(18(15)25)8-12-3-5-13(6-4-12)17(24)20-11-29-30(26,27)28-2;1-9-7(3-11)4-18-19-5-8(12)10-6-16-17(13,14)15-2;;;/h14-15,20H,3-10,12-13H2,1-2H3,(H,21,26)(H,22,25)(H,29,30);12-15,19H,3-8,10-11H2,1-2H3,(H,20,24)(H,26,27);7,9H,4-6H2,1-2H3,(H,10,12)(H,13,14);;;/q3*-1;;;. The third-order valence-corrected chi connectivity index (χ3v) is 19.6. The second-order valence-electron chi connectivity index (χ2n) is 17.8. The largest absolute Gasteiger partial charge is 0.540 e. The fourth-order valence-corrected chi connectivity index (χ4v) is 12.4. The summed E-state index contributed by atoms with van der Waals surface area (Å²) >= 11 is 2.50. The van der Waals surface area contributed by atoms with Crippen LogP contribution in [0.1, 0.15) is 57.8 Å². The Hall–Kier alpha value is 0.0517. The van der Waals surface area contributed by atoms with Crippen molar-refractivity contribution in [3.8, 4) is 0 Å². The quantitative estimate of drug-likeness (QED) is 0.00854. The number of likely N-dealkylation sites (tertiary alicyclic amines) is 2. The van der Waals surface area contributed by atoms with E-state index in [1.807, 2.05) is 18.9 Å². The normalized spacial score (nSPS) is 20.1. The van der Waals surface area contributed by atoms with Crippen molar-refractivity contribution >= 4 is 135 Å². The van der Waals surface area contributed by atoms with Crippen LogP contribution in [0.4, 0.5) is 0 Å². The van der Waals surface area contributed by atoms with E-state index in [0.29, 0.717) is 55.9 Å². The molecule has 88 heavy (non-hydrogen) atoms. The number of phosphoric acid groups is 3. The topological polar surface area (TPSA) is 455 Å². The molecule has 0 aromatic carbocycles.